The average molecular weight is 208 g/mol. The summed E-state index contributed by atoms with van der Waals surface area (Å²) in [6, 6.07) is 0. The van der Waals surface area contributed by atoms with Gasteiger partial charge in [-0.05, 0) is 36.5 Å². The van der Waals surface area contributed by atoms with Crippen molar-refractivity contribution in [2.24, 2.45) is 17.3 Å². The van der Waals surface area contributed by atoms with Crippen LogP contribution in [0.15, 0.2) is 12.7 Å². The highest BCUT2D eigenvalue weighted by molar-refractivity contribution is 4.97. The summed E-state index contributed by atoms with van der Waals surface area (Å²) >= 11 is 0. The summed E-state index contributed by atoms with van der Waals surface area (Å²) in [5, 5.41) is 0. The second-order valence-corrected chi connectivity index (χ2v) is 5.77. The SMILES string of the molecule is C=CC(C)(CCCC)C1CCC(C)CC1. The van der Waals surface area contributed by atoms with Gasteiger partial charge in [-0.1, -0.05) is 52.5 Å². The Labute approximate surface area is 96.2 Å². The van der Waals surface area contributed by atoms with E-state index in [1.54, 1.807) is 0 Å². The lowest BCUT2D eigenvalue weighted by atomic mass is 9.66. The molecule has 1 atom stereocenters. The van der Waals surface area contributed by atoms with E-state index in [9.17, 15) is 0 Å². The van der Waals surface area contributed by atoms with E-state index in [1.807, 2.05) is 0 Å². The summed E-state index contributed by atoms with van der Waals surface area (Å²) in [5.41, 5.74) is 0.413. The summed E-state index contributed by atoms with van der Waals surface area (Å²) in [5.74, 6) is 1.86. The fraction of sp³-hybridized carbons (Fsp3) is 0.867. The van der Waals surface area contributed by atoms with Crippen LogP contribution in [0.5, 0.6) is 0 Å². The quantitative estimate of drug-likeness (QED) is 0.545. The van der Waals surface area contributed by atoms with E-state index in [2.05, 4.69) is 33.4 Å². The van der Waals surface area contributed by atoms with Gasteiger partial charge in [-0.2, -0.15) is 0 Å². The van der Waals surface area contributed by atoms with Crippen LogP contribution in [-0.2, 0) is 0 Å². The lowest BCUT2D eigenvalue weighted by molar-refractivity contribution is 0.152. The maximum absolute atomic E-state index is 4.08. The first-order valence-electron chi connectivity index (χ1n) is 6.76. The molecule has 0 saturated heterocycles. The van der Waals surface area contributed by atoms with Crippen molar-refractivity contribution in [3.8, 4) is 0 Å². The fourth-order valence-electron chi connectivity index (χ4n) is 2.95. The molecule has 0 aromatic rings. The molecule has 1 saturated carbocycles. The molecule has 1 aliphatic rings. The Morgan fingerprint density at radius 1 is 1.27 bits per heavy atom. The molecule has 88 valence electrons. The first-order valence-corrected chi connectivity index (χ1v) is 6.76. The first kappa shape index (κ1) is 12.8. The molecule has 0 aliphatic heterocycles. The predicted octanol–water partition coefficient (Wildman–Crippen LogP) is 5.20. The van der Waals surface area contributed by atoms with Gasteiger partial charge in [-0.3, -0.25) is 0 Å². The molecule has 0 bridgehead atoms. The van der Waals surface area contributed by atoms with Gasteiger partial charge in [0.05, 0.1) is 0 Å². The van der Waals surface area contributed by atoms with Gasteiger partial charge in [-0.15, -0.1) is 6.58 Å². The van der Waals surface area contributed by atoms with Gasteiger partial charge in [0.15, 0.2) is 0 Å². The number of hydrogen-bond donors (Lipinski definition) is 0. The van der Waals surface area contributed by atoms with Crippen molar-refractivity contribution in [2.75, 3.05) is 0 Å². The zero-order valence-corrected chi connectivity index (χ0v) is 10.9. The first-order chi connectivity index (χ1) is 7.12. The molecule has 15 heavy (non-hydrogen) atoms. The van der Waals surface area contributed by atoms with Crippen LogP contribution in [-0.4, -0.2) is 0 Å². The van der Waals surface area contributed by atoms with Crippen molar-refractivity contribution in [3.63, 3.8) is 0 Å². The standard InChI is InChI=1S/C15H28/c1-5-7-12-15(4,6-2)14-10-8-13(3)9-11-14/h6,13-14H,2,5,7-12H2,1,3-4H3. The summed E-state index contributed by atoms with van der Waals surface area (Å²) in [6.07, 6.45) is 12.0. The minimum absolute atomic E-state index is 0.413. The highest BCUT2D eigenvalue weighted by Crippen LogP contribution is 2.43. The third-order valence-corrected chi connectivity index (χ3v) is 4.48. The number of hydrogen-bond acceptors (Lipinski definition) is 0. The molecular weight excluding hydrogens is 180 g/mol. The molecule has 0 aromatic heterocycles. The van der Waals surface area contributed by atoms with E-state index >= 15 is 0 Å². The second-order valence-electron chi connectivity index (χ2n) is 5.77. The number of rotatable bonds is 5. The van der Waals surface area contributed by atoms with E-state index in [4.69, 9.17) is 0 Å². The maximum atomic E-state index is 4.08. The third kappa shape index (κ3) is 3.36. The molecule has 0 heteroatoms. The van der Waals surface area contributed by atoms with Crippen LogP contribution in [0, 0.1) is 17.3 Å². The molecule has 0 nitrogen and oxygen atoms in total. The van der Waals surface area contributed by atoms with E-state index in [0.717, 1.165) is 11.8 Å². The molecule has 0 spiro atoms. The van der Waals surface area contributed by atoms with Crippen LogP contribution in [0.2, 0.25) is 0 Å². The van der Waals surface area contributed by atoms with Gasteiger partial charge < -0.3 is 0 Å². The number of allylic oxidation sites excluding steroid dienone is 1. The van der Waals surface area contributed by atoms with Crippen molar-refractivity contribution in [1.29, 1.82) is 0 Å². The van der Waals surface area contributed by atoms with Gasteiger partial charge in [0.2, 0.25) is 0 Å². The minimum atomic E-state index is 0.413. The zero-order valence-electron chi connectivity index (χ0n) is 10.9. The molecule has 0 N–H and O–H groups in total. The monoisotopic (exact) mass is 208 g/mol. The predicted molar refractivity (Wildman–Crippen MR) is 69.0 cm³/mol. The van der Waals surface area contributed by atoms with E-state index in [-0.39, 0.29) is 0 Å². The van der Waals surface area contributed by atoms with Crippen LogP contribution in [0.25, 0.3) is 0 Å². The molecule has 1 fully saturated rings. The minimum Gasteiger partial charge on any atom is -0.103 e. The summed E-state index contributed by atoms with van der Waals surface area (Å²) in [6.45, 7) is 11.2. The Bertz CT molecular complexity index is 186. The van der Waals surface area contributed by atoms with Gasteiger partial charge in [0.25, 0.3) is 0 Å². The molecule has 0 amide bonds. The lowest BCUT2D eigenvalue weighted by Gasteiger charge is -2.39. The average Bonchev–Trinajstić information content (AvgIpc) is 2.27. The third-order valence-electron chi connectivity index (χ3n) is 4.48. The Morgan fingerprint density at radius 2 is 1.87 bits per heavy atom. The molecule has 0 heterocycles. The van der Waals surface area contributed by atoms with Crippen molar-refractivity contribution < 1.29 is 0 Å². The molecular formula is C15H28. The van der Waals surface area contributed by atoms with Crippen LogP contribution >= 0.6 is 0 Å². The Balaban J connectivity index is 2.52. The second kappa shape index (κ2) is 5.72. The van der Waals surface area contributed by atoms with Crippen molar-refractivity contribution in [3.05, 3.63) is 12.7 Å². The Kier molecular flexibility index (Phi) is 4.89. The smallest absolute Gasteiger partial charge is 0.0121 e. The van der Waals surface area contributed by atoms with Gasteiger partial charge in [-0.25, -0.2) is 0 Å². The topological polar surface area (TPSA) is 0 Å². The molecule has 1 rings (SSSR count). The fourth-order valence-corrected chi connectivity index (χ4v) is 2.95. The molecule has 0 radical (unpaired) electrons. The Morgan fingerprint density at radius 3 is 2.33 bits per heavy atom. The Hall–Kier alpha value is -0.260. The number of unbranched alkanes of at least 4 members (excludes halogenated alkanes) is 1. The highest BCUT2D eigenvalue weighted by Gasteiger charge is 2.32. The molecule has 1 unspecified atom stereocenters. The summed E-state index contributed by atoms with van der Waals surface area (Å²) < 4.78 is 0. The lowest BCUT2D eigenvalue weighted by Crippen LogP contribution is -2.28. The van der Waals surface area contributed by atoms with E-state index in [0.29, 0.717) is 5.41 Å². The van der Waals surface area contributed by atoms with Crippen molar-refractivity contribution >= 4 is 0 Å². The largest absolute Gasteiger partial charge is 0.103 e. The zero-order chi connectivity index (χ0) is 11.3. The van der Waals surface area contributed by atoms with Gasteiger partial charge in [0, 0.05) is 0 Å². The van der Waals surface area contributed by atoms with Crippen LogP contribution < -0.4 is 0 Å². The normalized spacial score (nSPS) is 30.9. The summed E-state index contributed by atoms with van der Waals surface area (Å²) in [4.78, 5) is 0. The maximum Gasteiger partial charge on any atom is -0.0121 e. The summed E-state index contributed by atoms with van der Waals surface area (Å²) in [7, 11) is 0. The van der Waals surface area contributed by atoms with Crippen molar-refractivity contribution in [2.45, 2.75) is 65.7 Å². The van der Waals surface area contributed by atoms with E-state index < -0.39 is 0 Å². The molecule has 0 aromatic carbocycles. The van der Waals surface area contributed by atoms with E-state index in [1.165, 1.54) is 44.9 Å². The van der Waals surface area contributed by atoms with Crippen LogP contribution in [0.3, 0.4) is 0 Å². The highest BCUT2D eigenvalue weighted by atomic mass is 14.4. The molecule has 1 aliphatic carbocycles. The van der Waals surface area contributed by atoms with Crippen LogP contribution in [0.4, 0.5) is 0 Å². The van der Waals surface area contributed by atoms with Crippen LogP contribution in [0.1, 0.15) is 65.7 Å². The van der Waals surface area contributed by atoms with Crippen molar-refractivity contribution in [1.82, 2.24) is 0 Å². The van der Waals surface area contributed by atoms with Gasteiger partial charge >= 0.3 is 0 Å². The van der Waals surface area contributed by atoms with Gasteiger partial charge in [0.1, 0.15) is 0 Å².